The molecule has 1 unspecified atom stereocenters. The quantitative estimate of drug-likeness (QED) is 0.793. The third-order valence-corrected chi connectivity index (χ3v) is 3.83. The fraction of sp³-hybridized carbons (Fsp3) is 0.417. The number of benzene rings is 1. The van der Waals surface area contributed by atoms with E-state index in [0.29, 0.717) is 0 Å². The van der Waals surface area contributed by atoms with Gasteiger partial charge in [0.1, 0.15) is 6.04 Å². The van der Waals surface area contributed by atoms with E-state index in [1.807, 2.05) is 12.1 Å². The van der Waals surface area contributed by atoms with E-state index in [9.17, 15) is 4.79 Å². The van der Waals surface area contributed by atoms with Gasteiger partial charge in [0.2, 0.25) is 5.91 Å². The summed E-state index contributed by atoms with van der Waals surface area (Å²) >= 11 is 3.48. The number of carbonyl (C=O) groups excluding carboxylic acids is 1. The van der Waals surface area contributed by atoms with Crippen LogP contribution in [0.4, 0.5) is 11.4 Å². The van der Waals surface area contributed by atoms with Crippen molar-refractivity contribution >= 4 is 33.2 Å². The van der Waals surface area contributed by atoms with Crippen molar-refractivity contribution in [3.63, 3.8) is 0 Å². The smallest absolute Gasteiger partial charge is 0.247 e. The number of anilines is 2. The molecule has 84 valence electrons. The number of nitrogens with zero attached hydrogens (tertiary/aromatic N) is 1. The summed E-state index contributed by atoms with van der Waals surface area (Å²) in [6.07, 6.45) is 3.30. The zero-order valence-corrected chi connectivity index (χ0v) is 10.5. The van der Waals surface area contributed by atoms with Crippen LogP contribution < -0.4 is 10.2 Å². The predicted molar refractivity (Wildman–Crippen MR) is 67.8 cm³/mol. The van der Waals surface area contributed by atoms with Crippen LogP contribution in [-0.2, 0) is 4.79 Å². The van der Waals surface area contributed by atoms with E-state index in [-0.39, 0.29) is 11.9 Å². The van der Waals surface area contributed by atoms with Crippen LogP contribution in [0.25, 0.3) is 0 Å². The van der Waals surface area contributed by atoms with E-state index in [4.69, 9.17) is 0 Å². The summed E-state index contributed by atoms with van der Waals surface area (Å²) in [5.41, 5.74) is 2.09. The number of fused-ring (bicyclic) bond motifs is 3. The standard InChI is InChI=1S/C12H13BrN2O/c13-8-4-5-9-11(7-8)15-6-2-1-3-10(15)12(16)14-9/h4-5,7,10H,1-3,6H2,(H,14,16). The summed E-state index contributed by atoms with van der Waals surface area (Å²) in [6, 6.07) is 6.05. The fourth-order valence-electron chi connectivity index (χ4n) is 2.56. The molecule has 3 nitrogen and oxygen atoms in total. The van der Waals surface area contributed by atoms with Crippen LogP contribution in [0.1, 0.15) is 19.3 Å². The maximum absolute atomic E-state index is 11.9. The van der Waals surface area contributed by atoms with Gasteiger partial charge in [-0.15, -0.1) is 0 Å². The van der Waals surface area contributed by atoms with Gasteiger partial charge >= 0.3 is 0 Å². The molecule has 1 aromatic carbocycles. The molecule has 0 bridgehead atoms. The van der Waals surface area contributed by atoms with E-state index in [1.54, 1.807) is 0 Å². The molecule has 1 fully saturated rings. The monoisotopic (exact) mass is 280 g/mol. The molecular formula is C12H13BrN2O. The van der Waals surface area contributed by atoms with Crippen molar-refractivity contribution in [1.29, 1.82) is 0 Å². The lowest BCUT2D eigenvalue weighted by Gasteiger charge is -2.41. The van der Waals surface area contributed by atoms with Gasteiger partial charge in [0.05, 0.1) is 11.4 Å². The molecule has 1 atom stereocenters. The van der Waals surface area contributed by atoms with Gasteiger partial charge < -0.3 is 10.2 Å². The van der Waals surface area contributed by atoms with Gasteiger partial charge in [-0.05, 0) is 37.5 Å². The molecule has 0 aliphatic carbocycles. The molecule has 3 rings (SSSR count). The van der Waals surface area contributed by atoms with E-state index < -0.39 is 0 Å². The molecule has 1 N–H and O–H groups in total. The third kappa shape index (κ3) is 1.52. The SMILES string of the molecule is O=C1Nc2ccc(Br)cc2N2CCCCC12. The molecule has 2 aliphatic rings. The average Bonchev–Trinajstić information content (AvgIpc) is 2.31. The molecule has 2 heterocycles. The number of amides is 1. The zero-order chi connectivity index (χ0) is 11.1. The highest BCUT2D eigenvalue weighted by molar-refractivity contribution is 9.10. The Labute approximate surface area is 103 Å². The molecule has 4 heteroatoms. The number of rotatable bonds is 0. The van der Waals surface area contributed by atoms with E-state index in [0.717, 1.165) is 35.2 Å². The predicted octanol–water partition coefficient (Wildman–Crippen LogP) is 2.76. The van der Waals surface area contributed by atoms with Gasteiger partial charge in [-0.2, -0.15) is 0 Å². The Kier molecular flexibility index (Phi) is 2.39. The first-order valence-corrected chi connectivity index (χ1v) is 6.42. The Hall–Kier alpha value is -1.03. The molecule has 1 saturated heterocycles. The lowest BCUT2D eigenvalue weighted by molar-refractivity contribution is -0.118. The second-order valence-corrected chi connectivity index (χ2v) is 5.27. The average molecular weight is 281 g/mol. The van der Waals surface area contributed by atoms with Gasteiger partial charge in [-0.3, -0.25) is 4.79 Å². The van der Waals surface area contributed by atoms with Crippen LogP contribution in [0.5, 0.6) is 0 Å². The minimum Gasteiger partial charge on any atom is -0.358 e. The minimum atomic E-state index is 0.0375. The van der Waals surface area contributed by atoms with Crippen LogP contribution in [0.15, 0.2) is 22.7 Å². The highest BCUT2D eigenvalue weighted by Gasteiger charge is 2.34. The number of piperidine rings is 1. The second-order valence-electron chi connectivity index (χ2n) is 4.36. The molecule has 0 saturated carbocycles. The molecule has 1 aromatic rings. The van der Waals surface area contributed by atoms with Gasteiger partial charge in [-0.1, -0.05) is 15.9 Å². The highest BCUT2D eigenvalue weighted by Crippen LogP contribution is 2.37. The Bertz CT molecular complexity index is 447. The number of halogens is 1. The van der Waals surface area contributed by atoms with Crippen molar-refractivity contribution in [3.05, 3.63) is 22.7 Å². The summed E-state index contributed by atoms with van der Waals surface area (Å²) < 4.78 is 1.06. The molecule has 1 amide bonds. The molecule has 0 aromatic heterocycles. The second kappa shape index (κ2) is 3.77. The highest BCUT2D eigenvalue weighted by atomic mass is 79.9. The Morgan fingerprint density at radius 2 is 2.25 bits per heavy atom. The Morgan fingerprint density at radius 1 is 1.38 bits per heavy atom. The summed E-state index contributed by atoms with van der Waals surface area (Å²) in [6.45, 7) is 0.988. The molecular weight excluding hydrogens is 268 g/mol. The summed E-state index contributed by atoms with van der Waals surface area (Å²) in [5.74, 6) is 0.148. The number of nitrogens with one attached hydrogen (secondary N) is 1. The van der Waals surface area contributed by atoms with Crippen molar-refractivity contribution in [1.82, 2.24) is 0 Å². The lowest BCUT2D eigenvalue weighted by atomic mass is 9.97. The first-order valence-electron chi connectivity index (χ1n) is 5.63. The molecule has 16 heavy (non-hydrogen) atoms. The normalized spacial score (nSPS) is 23.4. The zero-order valence-electron chi connectivity index (χ0n) is 8.87. The molecule has 0 radical (unpaired) electrons. The fourth-order valence-corrected chi connectivity index (χ4v) is 2.91. The van der Waals surface area contributed by atoms with Crippen molar-refractivity contribution in [2.45, 2.75) is 25.3 Å². The van der Waals surface area contributed by atoms with Crippen LogP contribution in [0.2, 0.25) is 0 Å². The van der Waals surface area contributed by atoms with E-state index in [1.165, 1.54) is 6.42 Å². The van der Waals surface area contributed by atoms with Crippen molar-refractivity contribution in [2.24, 2.45) is 0 Å². The van der Waals surface area contributed by atoms with Crippen molar-refractivity contribution in [3.8, 4) is 0 Å². The minimum absolute atomic E-state index is 0.0375. The molecule has 0 spiro atoms. The van der Waals surface area contributed by atoms with E-state index >= 15 is 0 Å². The van der Waals surface area contributed by atoms with Crippen LogP contribution >= 0.6 is 15.9 Å². The molecule has 2 aliphatic heterocycles. The Morgan fingerprint density at radius 3 is 3.12 bits per heavy atom. The van der Waals surface area contributed by atoms with E-state index in [2.05, 4.69) is 32.2 Å². The summed E-state index contributed by atoms with van der Waals surface area (Å²) in [7, 11) is 0. The number of hydrogen-bond donors (Lipinski definition) is 1. The van der Waals surface area contributed by atoms with Crippen LogP contribution in [0, 0.1) is 0 Å². The maximum atomic E-state index is 11.9. The van der Waals surface area contributed by atoms with Gasteiger partial charge in [-0.25, -0.2) is 0 Å². The first-order chi connectivity index (χ1) is 7.75. The summed E-state index contributed by atoms with van der Waals surface area (Å²) in [4.78, 5) is 14.2. The lowest BCUT2D eigenvalue weighted by Crippen LogP contribution is -2.50. The van der Waals surface area contributed by atoms with Gasteiger partial charge in [0.15, 0.2) is 0 Å². The van der Waals surface area contributed by atoms with Crippen LogP contribution in [0.3, 0.4) is 0 Å². The number of carbonyl (C=O) groups is 1. The first kappa shape index (κ1) is 10.1. The van der Waals surface area contributed by atoms with Gasteiger partial charge in [0, 0.05) is 11.0 Å². The Balaban J connectivity index is 2.07. The number of hydrogen-bond acceptors (Lipinski definition) is 2. The topological polar surface area (TPSA) is 32.3 Å². The van der Waals surface area contributed by atoms with Gasteiger partial charge in [0.25, 0.3) is 0 Å². The third-order valence-electron chi connectivity index (χ3n) is 3.33. The van der Waals surface area contributed by atoms with Crippen molar-refractivity contribution < 1.29 is 4.79 Å². The van der Waals surface area contributed by atoms with Crippen LogP contribution in [-0.4, -0.2) is 18.5 Å². The maximum Gasteiger partial charge on any atom is 0.247 e. The largest absolute Gasteiger partial charge is 0.358 e. The summed E-state index contributed by atoms with van der Waals surface area (Å²) in [5, 5.41) is 2.98. The van der Waals surface area contributed by atoms with Crippen molar-refractivity contribution in [2.75, 3.05) is 16.8 Å².